The summed E-state index contributed by atoms with van der Waals surface area (Å²) < 4.78 is 6.63. The lowest BCUT2D eigenvalue weighted by Gasteiger charge is -2.09. The minimum absolute atomic E-state index is 0.164. The highest BCUT2D eigenvalue weighted by Gasteiger charge is 2.17. The van der Waals surface area contributed by atoms with Gasteiger partial charge in [-0.1, -0.05) is 48.5 Å². The molecule has 5 rings (SSSR count). The van der Waals surface area contributed by atoms with E-state index in [0.29, 0.717) is 17.2 Å². The van der Waals surface area contributed by atoms with E-state index >= 15 is 0 Å². The van der Waals surface area contributed by atoms with E-state index in [2.05, 4.69) is 20.4 Å². The summed E-state index contributed by atoms with van der Waals surface area (Å²) >= 11 is 1.53. The van der Waals surface area contributed by atoms with Gasteiger partial charge in [0.1, 0.15) is 17.3 Å². The molecule has 0 bridgehead atoms. The molecule has 0 radical (unpaired) electrons. The number of hydrogen-bond donors (Lipinski definition) is 2. The molecule has 0 atom stereocenters. The standard InChI is InChI=1S/C26H21N5O3S/c1-34-19-11-9-17(10-12-19)14-24(32)28-23-15-21(22-8-5-13-35-22)30-31(23)26-27-20(16-25(33)29-26)18-6-3-2-4-7-18/h2-13,15-16H,14H2,1H3,(H,28,32)(H,27,29,33). The van der Waals surface area contributed by atoms with Crippen molar-refractivity contribution < 1.29 is 9.53 Å². The van der Waals surface area contributed by atoms with E-state index in [-0.39, 0.29) is 23.8 Å². The molecule has 9 heteroatoms. The summed E-state index contributed by atoms with van der Waals surface area (Å²) in [7, 11) is 1.60. The van der Waals surface area contributed by atoms with Crippen LogP contribution in [0.15, 0.2) is 89.0 Å². The Hall–Kier alpha value is -4.50. The summed E-state index contributed by atoms with van der Waals surface area (Å²) in [5.41, 5.74) is 2.49. The molecule has 2 N–H and O–H groups in total. The van der Waals surface area contributed by atoms with Gasteiger partial charge in [0.05, 0.1) is 24.1 Å². The molecule has 0 aliphatic rings. The Kier molecular flexibility index (Phi) is 6.23. The summed E-state index contributed by atoms with van der Waals surface area (Å²) in [6.45, 7) is 0. The van der Waals surface area contributed by atoms with Crippen LogP contribution in [0.5, 0.6) is 5.75 Å². The van der Waals surface area contributed by atoms with E-state index in [1.54, 1.807) is 13.2 Å². The average molecular weight is 484 g/mol. The maximum atomic E-state index is 12.9. The number of benzene rings is 2. The maximum absolute atomic E-state index is 12.9. The first-order valence-corrected chi connectivity index (χ1v) is 11.7. The van der Waals surface area contributed by atoms with Crippen LogP contribution >= 0.6 is 11.3 Å². The van der Waals surface area contributed by atoms with Crippen molar-refractivity contribution >= 4 is 23.1 Å². The van der Waals surface area contributed by atoms with Crippen LogP contribution in [0.3, 0.4) is 0 Å². The van der Waals surface area contributed by atoms with Gasteiger partial charge in [0.15, 0.2) is 0 Å². The fraction of sp³-hybridized carbons (Fsp3) is 0.0769. The molecule has 1 amide bonds. The highest BCUT2D eigenvalue weighted by Crippen LogP contribution is 2.28. The lowest BCUT2D eigenvalue weighted by atomic mass is 10.1. The minimum atomic E-state index is -0.322. The zero-order valence-electron chi connectivity index (χ0n) is 18.8. The molecular weight excluding hydrogens is 462 g/mol. The molecule has 0 aliphatic carbocycles. The molecule has 3 aromatic heterocycles. The van der Waals surface area contributed by atoms with E-state index in [9.17, 15) is 9.59 Å². The maximum Gasteiger partial charge on any atom is 0.252 e. The molecule has 174 valence electrons. The van der Waals surface area contributed by atoms with Crippen LogP contribution in [-0.2, 0) is 11.2 Å². The van der Waals surface area contributed by atoms with Crippen molar-refractivity contribution in [3.05, 3.63) is 100 Å². The smallest absolute Gasteiger partial charge is 0.252 e. The predicted octanol–water partition coefficient (Wildman–Crippen LogP) is 4.54. The van der Waals surface area contributed by atoms with Crippen LogP contribution in [0.25, 0.3) is 27.8 Å². The number of anilines is 1. The Labute approximate surface area is 204 Å². The third-order valence-electron chi connectivity index (χ3n) is 5.27. The fourth-order valence-corrected chi connectivity index (χ4v) is 4.28. The van der Waals surface area contributed by atoms with E-state index in [0.717, 1.165) is 21.8 Å². The number of thiophene rings is 1. The van der Waals surface area contributed by atoms with Gasteiger partial charge >= 0.3 is 0 Å². The largest absolute Gasteiger partial charge is 0.497 e. The number of carbonyl (C=O) groups is 1. The zero-order chi connectivity index (χ0) is 24.2. The van der Waals surface area contributed by atoms with Gasteiger partial charge in [-0.15, -0.1) is 11.3 Å². The molecule has 3 heterocycles. The lowest BCUT2D eigenvalue weighted by Crippen LogP contribution is -2.19. The van der Waals surface area contributed by atoms with Crippen LogP contribution in [0, 0.1) is 0 Å². The Morgan fingerprint density at radius 2 is 1.83 bits per heavy atom. The van der Waals surface area contributed by atoms with Crippen LogP contribution in [0.1, 0.15) is 5.56 Å². The van der Waals surface area contributed by atoms with Gasteiger partial charge in [-0.3, -0.25) is 14.6 Å². The first-order valence-electron chi connectivity index (χ1n) is 10.8. The lowest BCUT2D eigenvalue weighted by molar-refractivity contribution is -0.115. The van der Waals surface area contributed by atoms with Gasteiger partial charge in [-0.2, -0.15) is 9.78 Å². The number of H-pyrrole nitrogens is 1. The van der Waals surface area contributed by atoms with Crippen LogP contribution in [0.4, 0.5) is 5.82 Å². The van der Waals surface area contributed by atoms with Crippen LogP contribution in [-0.4, -0.2) is 32.8 Å². The molecule has 5 aromatic rings. The number of carbonyl (C=O) groups excluding carboxylic acids is 1. The van der Waals surface area contributed by atoms with Crippen molar-refractivity contribution in [2.24, 2.45) is 0 Å². The fourth-order valence-electron chi connectivity index (χ4n) is 3.59. The highest BCUT2D eigenvalue weighted by molar-refractivity contribution is 7.13. The van der Waals surface area contributed by atoms with Crippen molar-refractivity contribution in [3.8, 4) is 33.5 Å². The van der Waals surface area contributed by atoms with Crippen molar-refractivity contribution in [1.82, 2.24) is 19.7 Å². The van der Waals surface area contributed by atoms with Gasteiger partial charge in [0, 0.05) is 17.7 Å². The van der Waals surface area contributed by atoms with E-state index in [4.69, 9.17) is 4.74 Å². The molecule has 0 fully saturated rings. The second-order valence-electron chi connectivity index (χ2n) is 7.70. The summed E-state index contributed by atoms with van der Waals surface area (Å²) in [4.78, 5) is 33.7. The number of hydrogen-bond acceptors (Lipinski definition) is 6. The summed E-state index contributed by atoms with van der Waals surface area (Å²) in [6, 6.07) is 23.8. The van der Waals surface area contributed by atoms with Gasteiger partial charge in [0.2, 0.25) is 11.9 Å². The Morgan fingerprint density at radius 1 is 1.03 bits per heavy atom. The van der Waals surface area contributed by atoms with Crippen molar-refractivity contribution in [1.29, 1.82) is 0 Å². The predicted molar refractivity (Wildman–Crippen MR) is 136 cm³/mol. The number of aromatic nitrogens is 4. The monoisotopic (exact) mass is 483 g/mol. The van der Waals surface area contributed by atoms with Crippen molar-refractivity contribution in [3.63, 3.8) is 0 Å². The minimum Gasteiger partial charge on any atom is -0.497 e. The molecule has 0 saturated carbocycles. The molecule has 0 aliphatic heterocycles. The Bertz CT molecular complexity index is 1510. The third kappa shape index (κ3) is 5.04. The number of rotatable bonds is 7. The molecule has 0 spiro atoms. The van der Waals surface area contributed by atoms with E-state index in [1.807, 2.05) is 72.1 Å². The first-order chi connectivity index (χ1) is 17.1. The van der Waals surface area contributed by atoms with E-state index in [1.165, 1.54) is 22.1 Å². The topological polar surface area (TPSA) is 102 Å². The van der Waals surface area contributed by atoms with Crippen molar-refractivity contribution in [2.75, 3.05) is 12.4 Å². The molecule has 8 nitrogen and oxygen atoms in total. The summed E-state index contributed by atoms with van der Waals surface area (Å²) in [5.74, 6) is 1.11. The van der Waals surface area contributed by atoms with E-state index < -0.39 is 0 Å². The Morgan fingerprint density at radius 3 is 2.54 bits per heavy atom. The molecule has 0 unspecified atom stereocenters. The SMILES string of the molecule is COc1ccc(CC(=O)Nc2cc(-c3cccs3)nn2-c2nc(-c3ccccc3)cc(=O)[nH]2)cc1. The van der Waals surface area contributed by atoms with Crippen LogP contribution in [0.2, 0.25) is 0 Å². The van der Waals surface area contributed by atoms with Gasteiger partial charge < -0.3 is 10.1 Å². The third-order valence-corrected chi connectivity index (χ3v) is 6.17. The highest BCUT2D eigenvalue weighted by atomic mass is 32.1. The number of nitrogens with zero attached hydrogens (tertiary/aromatic N) is 3. The quantitative estimate of drug-likeness (QED) is 0.354. The molecule has 35 heavy (non-hydrogen) atoms. The normalized spacial score (nSPS) is 10.8. The second-order valence-corrected chi connectivity index (χ2v) is 8.64. The van der Waals surface area contributed by atoms with Crippen molar-refractivity contribution in [2.45, 2.75) is 6.42 Å². The molecule has 0 saturated heterocycles. The van der Waals surface area contributed by atoms with Gasteiger partial charge in [-0.25, -0.2) is 4.98 Å². The molecule has 2 aromatic carbocycles. The van der Waals surface area contributed by atoms with Crippen LogP contribution < -0.4 is 15.6 Å². The number of nitrogens with one attached hydrogen (secondary N) is 2. The number of methoxy groups -OCH3 is 1. The molecular formula is C26H21N5O3S. The Balaban J connectivity index is 1.50. The second kappa shape index (κ2) is 9.78. The summed E-state index contributed by atoms with van der Waals surface area (Å²) in [6.07, 6.45) is 0.164. The average Bonchev–Trinajstić information content (AvgIpc) is 3.55. The first kappa shape index (κ1) is 22.3. The van der Waals surface area contributed by atoms with Gasteiger partial charge in [0.25, 0.3) is 5.56 Å². The zero-order valence-corrected chi connectivity index (χ0v) is 19.6. The number of aromatic amines is 1. The number of ether oxygens (including phenoxy) is 1. The van der Waals surface area contributed by atoms with Gasteiger partial charge in [-0.05, 0) is 29.1 Å². The number of amides is 1. The summed E-state index contributed by atoms with van der Waals surface area (Å²) in [5, 5.41) is 9.52.